The van der Waals surface area contributed by atoms with Crippen LogP contribution in [0.4, 0.5) is 4.79 Å². The van der Waals surface area contributed by atoms with Crippen LogP contribution in [0.1, 0.15) is 23.5 Å². The Kier molecular flexibility index (Phi) is 6.53. The highest BCUT2D eigenvalue weighted by Crippen LogP contribution is 2.32. The number of hydrogen-bond acceptors (Lipinski definition) is 8. The molecule has 1 atom stereocenters. The van der Waals surface area contributed by atoms with Gasteiger partial charge in [0.15, 0.2) is 4.34 Å². The van der Waals surface area contributed by atoms with Gasteiger partial charge in [0.2, 0.25) is 0 Å². The zero-order chi connectivity index (χ0) is 20.1. The van der Waals surface area contributed by atoms with Crippen LogP contribution in [0.25, 0.3) is 0 Å². The molecule has 8 nitrogen and oxygen atoms in total. The molecule has 1 aliphatic heterocycles. The molecule has 1 aromatic heterocycles. The van der Waals surface area contributed by atoms with Crippen LogP contribution >= 0.6 is 23.1 Å². The van der Waals surface area contributed by atoms with Crippen molar-refractivity contribution in [2.24, 2.45) is 0 Å². The summed E-state index contributed by atoms with van der Waals surface area (Å²) in [6.45, 7) is 3.85. The van der Waals surface area contributed by atoms with Gasteiger partial charge in [-0.2, -0.15) is 0 Å². The summed E-state index contributed by atoms with van der Waals surface area (Å²) in [4.78, 5) is 25.0. The largest absolute Gasteiger partial charge is 0.497 e. The Morgan fingerprint density at radius 1 is 1.29 bits per heavy atom. The maximum atomic E-state index is 12.7. The van der Waals surface area contributed by atoms with Gasteiger partial charge in [0, 0.05) is 11.4 Å². The summed E-state index contributed by atoms with van der Waals surface area (Å²) in [6.07, 6.45) is 0. The number of hydrogen-bond donors (Lipinski definition) is 2. The first-order chi connectivity index (χ1) is 13.5. The van der Waals surface area contributed by atoms with E-state index >= 15 is 0 Å². The number of carbonyl (C=O) groups excluding carboxylic acids is 2. The second-order valence-corrected chi connectivity index (χ2v) is 8.20. The molecule has 0 saturated heterocycles. The van der Waals surface area contributed by atoms with Crippen molar-refractivity contribution in [3.63, 3.8) is 0 Å². The van der Waals surface area contributed by atoms with E-state index in [0.29, 0.717) is 22.8 Å². The molecular formula is C18H20N4O4S2. The average Bonchev–Trinajstić information content (AvgIpc) is 3.11. The predicted molar refractivity (Wildman–Crippen MR) is 106 cm³/mol. The molecule has 1 aromatic carbocycles. The summed E-state index contributed by atoms with van der Waals surface area (Å²) in [5.74, 6) is 0.580. The SMILES string of the molecule is CCOC(=O)C1=C(CSc2nnc(C)s2)NC(=O)N[C@@H]1c1ccc(OC)cc1. The fraction of sp³-hybridized carbons (Fsp3) is 0.333. The van der Waals surface area contributed by atoms with Crippen molar-refractivity contribution in [1.29, 1.82) is 0 Å². The van der Waals surface area contributed by atoms with Gasteiger partial charge < -0.3 is 20.1 Å². The number of benzene rings is 1. The van der Waals surface area contributed by atoms with Gasteiger partial charge in [0.1, 0.15) is 10.8 Å². The van der Waals surface area contributed by atoms with Crippen LogP contribution in [0, 0.1) is 6.92 Å². The summed E-state index contributed by atoms with van der Waals surface area (Å²) >= 11 is 2.87. The molecule has 0 spiro atoms. The van der Waals surface area contributed by atoms with Crippen LogP contribution in [0.3, 0.4) is 0 Å². The molecule has 0 unspecified atom stereocenters. The van der Waals surface area contributed by atoms with Crippen molar-refractivity contribution >= 4 is 35.1 Å². The van der Waals surface area contributed by atoms with Crippen molar-refractivity contribution in [1.82, 2.24) is 20.8 Å². The first kappa shape index (κ1) is 20.2. The van der Waals surface area contributed by atoms with E-state index in [-0.39, 0.29) is 12.6 Å². The molecular weight excluding hydrogens is 400 g/mol. The maximum absolute atomic E-state index is 12.7. The van der Waals surface area contributed by atoms with E-state index in [1.54, 1.807) is 26.2 Å². The molecule has 10 heteroatoms. The second-order valence-electron chi connectivity index (χ2n) is 5.79. The number of nitrogens with zero attached hydrogens (tertiary/aromatic N) is 2. The van der Waals surface area contributed by atoms with Crippen molar-refractivity contribution in [3.8, 4) is 5.75 Å². The second kappa shape index (κ2) is 9.07. The highest BCUT2D eigenvalue weighted by Gasteiger charge is 2.33. The van der Waals surface area contributed by atoms with Gasteiger partial charge in [-0.05, 0) is 31.5 Å². The molecule has 0 aliphatic carbocycles. The van der Waals surface area contributed by atoms with Crippen LogP contribution in [-0.2, 0) is 9.53 Å². The lowest BCUT2D eigenvalue weighted by Gasteiger charge is -2.29. The number of thioether (sulfide) groups is 1. The third-order valence-corrected chi connectivity index (χ3v) is 5.94. The number of nitrogens with one attached hydrogen (secondary N) is 2. The highest BCUT2D eigenvalue weighted by atomic mass is 32.2. The Labute approximate surface area is 170 Å². The zero-order valence-electron chi connectivity index (χ0n) is 15.6. The highest BCUT2D eigenvalue weighted by molar-refractivity contribution is 8.01. The Balaban J connectivity index is 1.95. The Bertz CT molecular complexity index is 895. The number of aryl methyl sites for hydroxylation is 1. The van der Waals surface area contributed by atoms with Crippen molar-refractivity contribution in [2.75, 3.05) is 19.5 Å². The lowest BCUT2D eigenvalue weighted by Crippen LogP contribution is -2.46. The van der Waals surface area contributed by atoms with E-state index in [4.69, 9.17) is 9.47 Å². The molecule has 0 bridgehead atoms. The van der Waals surface area contributed by atoms with E-state index in [1.807, 2.05) is 19.1 Å². The summed E-state index contributed by atoms with van der Waals surface area (Å²) < 4.78 is 11.2. The molecule has 3 rings (SSSR count). The molecule has 2 N–H and O–H groups in total. The lowest BCUT2D eigenvalue weighted by molar-refractivity contribution is -0.139. The topological polar surface area (TPSA) is 102 Å². The van der Waals surface area contributed by atoms with Crippen LogP contribution in [0.5, 0.6) is 5.75 Å². The van der Waals surface area contributed by atoms with Gasteiger partial charge in [-0.25, -0.2) is 9.59 Å². The zero-order valence-corrected chi connectivity index (χ0v) is 17.3. The Hall–Kier alpha value is -2.59. The number of ether oxygens (including phenoxy) is 2. The first-order valence-corrected chi connectivity index (χ1v) is 10.4. The molecule has 0 fully saturated rings. The number of rotatable bonds is 7. The van der Waals surface area contributed by atoms with Gasteiger partial charge >= 0.3 is 12.0 Å². The normalized spacial score (nSPS) is 16.4. The fourth-order valence-electron chi connectivity index (χ4n) is 2.70. The molecule has 1 aliphatic rings. The van der Waals surface area contributed by atoms with Gasteiger partial charge in [-0.15, -0.1) is 10.2 Å². The van der Waals surface area contributed by atoms with Gasteiger partial charge in [-0.3, -0.25) is 0 Å². The number of aromatic nitrogens is 2. The Morgan fingerprint density at radius 3 is 2.64 bits per heavy atom. The molecule has 2 heterocycles. The van der Waals surface area contributed by atoms with Gasteiger partial charge in [-0.1, -0.05) is 35.2 Å². The number of carbonyl (C=O) groups is 2. The Morgan fingerprint density at radius 2 is 2.04 bits per heavy atom. The minimum Gasteiger partial charge on any atom is -0.497 e. The van der Waals surface area contributed by atoms with E-state index in [1.165, 1.54) is 23.1 Å². The number of methoxy groups -OCH3 is 1. The quantitative estimate of drug-likeness (QED) is 0.524. The van der Waals surface area contributed by atoms with E-state index in [2.05, 4.69) is 20.8 Å². The summed E-state index contributed by atoms with van der Waals surface area (Å²) in [6, 6.07) is 6.19. The van der Waals surface area contributed by atoms with Crippen molar-refractivity contribution in [2.45, 2.75) is 24.2 Å². The number of amides is 2. The summed E-state index contributed by atoms with van der Waals surface area (Å²) in [7, 11) is 1.58. The van der Waals surface area contributed by atoms with Crippen LogP contribution in [-0.4, -0.2) is 41.7 Å². The van der Waals surface area contributed by atoms with Crippen LogP contribution in [0.2, 0.25) is 0 Å². The van der Waals surface area contributed by atoms with E-state index < -0.39 is 12.0 Å². The first-order valence-electron chi connectivity index (χ1n) is 8.56. The third kappa shape index (κ3) is 4.63. The van der Waals surface area contributed by atoms with Crippen molar-refractivity contribution in [3.05, 3.63) is 46.1 Å². The van der Waals surface area contributed by atoms with Crippen LogP contribution in [0.15, 0.2) is 39.9 Å². The number of urea groups is 1. The average molecular weight is 421 g/mol. The minimum atomic E-state index is -0.620. The molecule has 0 radical (unpaired) electrons. The van der Waals surface area contributed by atoms with Gasteiger partial charge in [0.25, 0.3) is 0 Å². The van der Waals surface area contributed by atoms with E-state index in [0.717, 1.165) is 14.9 Å². The van der Waals surface area contributed by atoms with E-state index in [9.17, 15) is 9.59 Å². The standard InChI is InChI=1S/C18H20N4O4S2/c1-4-26-16(23)14-13(9-27-18-22-21-10(2)28-18)19-17(24)20-15(14)11-5-7-12(25-3)8-6-11/h5-8,15H,4,9H2,1-3H3,(H2,19,20,24)/t15-/m1/s1. The van der Waals surface area contributed by atoms with Crippen LogP contribution < -0.4 is 15.4 Å². The minimum absolute atomic E-state index is 0.238. The molecule has 2 aromatic rings. The molecule has 0 saturated carbocycles. The third-order valence-electron chi connectivity index (χ3n) is 3.95. The fourth-order valence-corrected chi connectivity index (χ4v) is 4.48. The number of esters is 1. The van der Waals surface area contributed by atoms with Crippen molar-refractivity contribution < 1.29 is 19.1 Å². The smallest absolute Gasteiger partial charge is 0.338 e. The molecule has 2 amide bonds. The predicted octanol–water partition coefficient (Wildman–Crippen LogP) is 2.82. The molecule has 28 heavy (non-hydrogen) atoms. The van der Waals surface area contributed by atoms with Gasteiger partial charge in [0.05, 0.1) is 25.3 Å². The lowest BCUT2D eigenvalue weighted by atomic mass is 9.95. The summed E-state index contributed by atoms with van der Waals surface area (Å²) in [5.41, 5.74) is 1.63. The summed E-state index contributed by atoms with van der Waals surface area (Å²) in [5, 5.41) is 14.5. The molecule has 148 valence electrons. The monoisotopic (exact) mass is 420 g/mol. The maximum Gasteiger partial charge on any atom is 0.338 e.